The summed E-state index contributed by atoms with van der Waals surface area (Å²) < 4.78 is 5.45. The third-order valence-corrected chi connectivity index (χ3v) is 2.98. The minimum Gasteiger partial charge on any atom is -0.443 e. The molecule has 0 aliphatic heterocycles. The van der Waals surface area contributed by atoms with Crippen LogP contribution in [0.15, 0.2) is 18.3 Å². The molecule has 124 valence electrons. The first-order valence-corrected chi connectivity index (χ1v) is 7.64. The molecule has 0 atom stereocenters. The predicted octanol–water partition coefficient (Wildman–Crippen LogP) is 2.44. The second-order valence-electron chi connectivity index (χ2n) is 6.13. The zero-order valence-corrected chi connectivity index (χ0v) is 13.7. The third-order valence-electron chi connectivity index (χ3n) is 2.98. The van der Waals surface area contributed by atoms with E-state index < -0.39 is 11.7 Å². The summed E-state index contributed by atoms with van der Waals surface area (Å²) in [6, 6.07) is 3.63. The van der Waals surface area contributed by atoms with Crippen molar-refractivity contribution in [3.05, 3.63) is 24.0 Å². The molecule has 0 radical (unpaired) electrons. The Morgan fingerprint density at radius 2 is 2.05 bits per heavy atom. The fraction of sp³-hybridized carbons (Fsp3) is 0.625. The third kappa shape index (κ3) is 6.41. The average Bonchev–Trinajstić information content (AvgIpc) is 2.45. The molecule has 6 nitrogen and oxygen atoms in total. The van der Waals surface area contributed by atoms with Gasteiger partial charge in [0.15, 0.2) is 0 Å². The van der Waals surface area contributed by atoms with Crippen molar-refractivity contribution in [2.45, 2.75) is 52.2 Å². The van der Waals surface area contributed by atoms with Crippen LogP contribution in [-0.4, -0.2) is 34.9 Å². The Labute approximate surface area is 132 Å². The number of hydrogen-bond donors (Lipinski definition) is 2. The van der Waals surface area contributed by atoms with Gasteiger partial charge in [0, 0.05) is 19.7 Å². The predicted molar refractivity (Wildman–Crippen MR) is 86.6 cm³/mol. The molecule has 22 heavy (non-hydrogen) atoms. The van der Waals surface area contributed by atoms with Crippen molar-refractivity contribution in [2.75, 3.05) is 18.1 Å². The van der Waals surface area contributed by atoms with Crippen LogP contribution in [0, 0.1) is 0 Å². The zero-order chi connectivity index (χ0) is 16.6. The highest BCUT2D eigenvalue weighted by molar-refractivity contribution is 5.87. The first kappa shape index (κ1) is 18.4. The first-order chi connectivity index (χ1) is 10.4. The van der Waals surface area contributed by atoms with E-state index in [0.29, 0.717) is 18.8 Å². The molecule has 1 aromatic rings. The number of aliphatic hydroxyl groups is 1. The Hall–Kier alpha value is -1.66. The monoisotopic (exact) mass is 309 g/mol. The molecule has 0 saturated carbocycles. The largest absolute Gasteiger partial charge is 0.443 e. The molecule has 0 aliphatic rings. The topological polar surface area (TPSA) is 88.7 Å². The summed E-state index contributed by atoms with van der Waals surface area (Å²) in [4.78, 5) is 18.2. The number of anilines is 1. The average molecular weight is 309 g/mol. The number of aliphatic hydroxyl groups excluding tert-OH is 1. The summed E-state index contributed by atoms with van der Waals surface area (Å²) in [5.74, 6) is 0. The van der Waals surface area contributed by atoms with Crippen LogP contribution in [0.25, 0.3) is 0 Å². The van der Waals surface area contributed by atoms with Gasteiger partial charge in [-0.25, -0.2) is 4.79 Å². The molecular weight excluding hydrogens is 282 g/mol. The Balaban J connectivity index is 2.81. The molecular formula is C16H27N3O3. The molecule has 0 saturated heterocycles. The maximum atomic E-state index is 12.4. The fourth-order valence-corrected chi connectivity index (χ4v) is 1.90. The van der Waals surface area contributed by atoms with Crippen molar-refractivity contribution < 1.29 is 14.6 Å². The summed E-state index contributed by atoms with van der Waals surface area (Å²) in [6.45, 7) is 6.57. The Morgan fingerprint density at radius 3 is 2.55 bits per heavy atom. The number of pyridine rings is 1. The van der Waals surface area contributed by atoms with Crippen molar-refractivity contribution >= 4 is 11.8 Å². The van der Waals surface area contributed by atoms with E-state index in [1.54, 1.807) is 17.2 Å². The fourth-order valence-electron chi connectivity index (χ4n) is 1.90. The molecule has 0 aliphatic carbocycles. The van der Waals surface area contributed by atoms with E-state index >= 15 is 0 Å². The normalized spacial score (nSPS) is 11.3. The zero-order valence-electron chi connectivity index (χ0n) is 13.7. The number of ether oxygens (including phenoxy) is 1. The molecule has 1 rings (SSSR count). The standard InChI is InChI=1S/C16H27N3O3/c1-16(2,3)22-15(21)19(9-5-4-6-10-20)14-8-7-13(11-17)18-12-14/h7-8,12,20H,4-6,9-11,17H2,1-3H3. The van der Waals surface area contributed by atoms with Gasteiger partial charge >= 0.3 is 6.09 Å². The lowest BCUT2D eigenvalue weighted by atomic mass is 10.2. The SMILES string of the molecule is CC(C)(C)OC(=O)N(CCCCCO)c1ccc(CN)nc1. The quantitative estimate of drug-likeness (QED) is 0.755. The van der Waals surface area contributed by atoms with E-state index in [1.807, 2.05) is 26.8 Å². The number of rotatable bonds is 7. The molecule has 0 unspecified atom stereocenters. The summed E-state index contributed by atoms with van der Waals surface area (Å²) >= 11 is 0. The second kappa shape index (κ2) is 8.70. The number of aromatic nitrogens is 1. The van der Waals surface area contributed by atoms with Crippen LogP contribution in [0.2, 0.25) is 0 Å². The van der Waals surface area contributed by atoms with Crippen molar-refractivity contribution in [1.82, 2.24) is 4.98 Å². The summed E-state index contributed by atoms with van der Waals surface area (Å²) in [5.41, 5.74) is 6.45. The maximum Gasteiger partial charge on any atom is 0.414 e. The molecule has 1 amide bonds. The number of nitrogens with zero attached hydrogens (tertiary/aromatic N) is 2. The summed E-state index contributed by atoms with van der Waals surface area (Å²) in [7, 11) is 0. The maximum absolute atomic E-state index is 12.4. The molecule has 1 aromatic heterocycles. The van der Waals surface area contributed by atoms with Gasteiger partial charge in [-0.05, 0) is 52.2 Å². The summed E-state index contributed by atoms with van der Waals surface area (Å²) in [6.07, 6.45) is 3.62. The number of hydrogen-bond acceptors (Lipinski definition) is 5. The van der Waals surface area contributed by atoms with Crippen molar-refractivity contribution in [1.29, 1.82) is 0 Å². The lowest BCUT2D eigenvalue weighted by Crippen LogP contribution is -2.37. The number of carbonyl (C=O) groups excluding carboxylic acids is 1. The number of nitrogens with two attached hydrogens (primary N) is 1. The van der Waals surface area contributed by atoms with Gasteiger partial charge in [0.1, 0.15) is 5.60 Å². The van der Waals surface area contributed by atoms with E-state index in [9.17, 15) is 4.79 Å². The number of unbranched alkanes of at least 4 members (excludes halogenated alkanes) is 2. The molecule has 3 N–H and O–H groups in total. The summed E-state index contributed by atoms with van der Waals surface area (Å²) in [5, 5.41) is 8.84. The Bertz CT molecular complexity index is 455. The van der Waals surface area contributed by atoms with Crippen LogP contribution in [0.3, 0.4) is 0 Å². The lowest BCUT2D eigenvalue weighted by molar-refractivity contribution is 0.0579. The van der Waals surface area contributed by atoms with E-state index in [-0.39, 0.29) is 6.61 Å². The smallest absolute Gasteiger partial charge is 0.414 e. The molecule has 0 bridgehead atoms. The van der Waals surface area contributed by atoms with Gasteiger partial charge in [0.2, 0.25) is 0 Å². The van der Waals surface area contributed by atoms with E-state index in [1.165, 1.54) is 0 Å². The first-order valence-electron chi connectivity index (χ1n) is 7.64. The Morgan fingerprint density at radius 1 is 1.32 bits per heavy atom. The lowest BCUT2D eigenvalue weighted by Gasteiger charge is -2.27. The highest BCUT2D eigenvalue weighted by atomic mass is 16.6. The minimum absolute atomic E-state index is 0.166. The molecule has 0 fully saturated rings. The van der Waals surface area contributed by atoms with Crippen LogP contribution in [0.1, 0.15) is 45.7 Å². The molecule has 6 heteroatoms. The van der Waals surface area contributed by atoms with Gasteiger partial charge in [-0.3, -0.25) is 9.88 Å². The van der Waals surface area contributed by atoms with Crippen LogP contribution in [0.5, 0.6) is 0 Å². The number of amides is 1. The van der Waals surface area contributed by atoms with Crippen LogP contribution < -0.4 is 10.6 Å². The van der Waals surface area contributed by atoms with Crippen molar-refractivity contribution in [2.24, 2.45) is 5.73 Å². The second-order valence-corrected chi connectivity index (χ2v) is 6.13. The van der Waals surface area contributed by atoms with E-state index in [2.05, 4.69) is 4.98 Å². The van der Waals surface area contributed by atoms with Crippen molar-refractivity contribution in [3.63, 3.8) is 0 Å². The number of carbonyl (C=O) groups is 1. The molecule has 1 heterocycles. The highest BCUT2D eigenvalue weighted by Gasteiger charge is 2.23. The van der Waals surface area contributed by atoms with Crippen LogP contribution >= 0.6 is 0 Å². The van der Waals surface area contributed by atoms with E-state index in [0.717, 1.165) is 25.0 Å². The Kier molecular flexibility index (Phi) is 7.27. The van der Waals surface area contributed by atoms with Gasteiger partial charge in [0.05, 0.1) is 17.6 Å². The van der Waals surface area contributed by atoms with Crippen LogP contribution in [0.4, 0.5) is 10.5 Å². The van der Waals surface area contributed by atoms with Crippen LogP contribution in [-0.2, 0) is 11.3 Å². The van der Waals surface area contributed by atoms with Gasteiger partial charge < -0.3 is 15.6 Å². The highest BCUT2D eigenvalue weighted by Crippen LogP contribution is 2.18. The molecule has 0 aromatic carbocycles. The van der Waals surface area contributed by atoms with Gasteiger partial charge in [-0.2, -0.15) is 0 Å². The minimum atomic E-state index is -0.551. The van der Waals surface area contributed by atoms with Crippen molar-refractivity contribution in [3.8, 4) is 0 Å². The van der Waals surface area contributed by atoms with Gasteiger partial charge in [-0.15, -0.1) is 0 Å². The van der Waals surface area contributed by atoms with E-state index in [4.69, 9.17) is 15.6 Å². The van der Waals surface area contributed by atoms with Gasteiger partial charge in [0.25, 0.3) is 0 Å². The van der Waals surface area contributed by atoms with Gasteiger partial charge in [-0.1, -0.05) is 0 Å². The molecule has 0 spiro atoms.